The van der Waals surface area contributed by atoms with Crippen LogP contribution in [0.25, 0.3) is 6.08 Å². The molecule has 0 spiro atoms. The van der Waals surface area contributed by atoms with Gasteiger partial charge in [-0.1, -0.05) is 28.1 Å². The number of carbonyl (C=O) groups excluding carboxylic acids is 2. The number of ether oxygens (including phenoxy) is 1. The second-order valence-electron chi connectivity index (χ2n) is 5.21. The molecule has 0 radical (unpaired) electrons. The molecule has 2 aromatic carbocycles. The Kier molecular flexibility index (Phi) is 5.38. The number of halogens is 1. The molecule has 26 heavy (non-hydrogen) atoms. The van der Waals surface area contributed by atoms with Crippen LogP contribution in [0, 0.1) is 10.1 Å². The molecule has 1 aliphatic rings. The van der Waals surface area contributed by atoms with Crippen molar-refractivity contribution in [3.05, 3.63) is 73.1 Å². The summed E-state index contributed by atoms with van der Waals surface area (Å²) >= 11 is 4.16. The number of imide groups is 1. The maximum atomic E-state index is 11.7. The van der Waals surface area contributed by atoms with Crippen LogP contribution in [0.5, 0.6) is 5.75 Å². The van der Waals surface area contributed by atoms with Gasteiger partial charge >= 0.3 is 0 Å². The Hall–Kier alpha value is -2.65. The fourth-order valence-corrected chi connectivity index (χ4v) is 3.34. The summed E-state index contributed by atoms with van der Waals surface area (Å²) in [6.07, 6.45) is 1.55. The minimum Gasteiger partial charge on any atom is -0.488 e. The fraction of sp³-hybridized carbons (Fsp3) is 0.0588. The van der Waals surface area contributed by atoms with Gasteiger partial charge < -0.3 is 4.74 Å². The lowest BCUT2D eigenvalue weighted by Crippen LogP contribution is -2.17. The summed E-state index contributed by atoms with van der Waals surface area (Å²) in [5.74, 6) is -0.0313. The van der Waals surface area contributed by atoms with E-state index in [2.05, 4.69) is 21.2 Å². The number of benzene rings is 2. The van der Waals surface area contributed by atoms with Gasteiger partial charge in [0.2, 0.25) is 0 Å². The first-order chi connectivity index (χ1) is 12.4. The van der Waals surface area contributed by atoms with Gasteiger partial charge in [-0.3, -0.25) is 25.0 Å². The number of para-hydroxylation sites is 1. The van der Waals surface area contributed by atoms with E-state index in [9.17, 15) is 19.7 Å². The third-order valence-corrected chi connectivity index (χ3v) is 4.78. The number of nitro benzene ring substituents is 1. The van der Waals surface area contributed by atoms with E-state index >= 15 is 0 Å². The van der Waals surface area contributed by atoms with Crippen LogP contribution in [0.2, 0.25) is 0 Å². The van der Waals surface area contributed by atoms with Crippen molar-refractivity contribution >= 4 is 50.6 Å². The van der Waals surface area contributed by atoms with Crippen LogP contribution in [0.15, 0.2) is 51.8 Å². The van der Waals surface area contributed by atoms with Gasteiger partial charge in [-0.15, -0.1) is 0 Å². The van der Waals surface area contributed by atoms with E-state index in [0.29, 0.717) is 16.9 Å². The SMILES string of the molecule is O=C1NC(=O)/C(=C/c2cc(Br)ccc2OCc2ccccc2[N+](=O)[O-])S1. The average Bonchev–Trinajstić information content (AvgIpc) is 2.91. The number of nitro groups is 1. The Morgan fingerprint density at radius 3 is 2.69 bits per heavy atom. The molecule has 0 unspecified atom stereocenters. The molecule has 1 N–H and O–H groups in total. The molecule has 0 bridgehead atoms. The molecule has 1 heterocycles. The predicted molar refractivity (Wildman–Crippen MR) is 101 cm³/mol. The zero-order valence-corrected chi connectivity index (χ0v) is 15.5. The van der Waals surface area contributed by atoms with Crippen LogP contribution in [-0.4, -0.2) is 16.1 Å². The van der Waals surface area contributed by atoms with Gasteiger partial charge in [0.05, 0.1) is 15.4 Å². The summed E-state index contributed by atoms with van der Waals surface area (Å²) in [6, 6.07) is 11.5. The number of hydrogen-bond donors (Lipinski definition) is 1. The summed E-state index contributed by atoms with van der Waals surface area (Å²) in [5, 5.41) is 12.9. The smallest absolute Gasteiger partial charge is 0.290 e. The second kappa shape index (κ2) is 7.71. The van der Waals surface area contributed by atoms with Crippen molar-refractivity contribution in [1.82, 2.24) is 5.32 Å². The van der Waals surface area contributed by atoms with E-state index < -0.39 is 16.1 Å². The highest BCUT2D eigenvalue weighted by molar-refractivity contribution is 9.10. The van der Waals surface area contributed by atoms with E-state index in [-0.39, 0.29) is 17.2 Å². The highest BCUT2D eigenvalue weighted by Crippen LogP contribution is 2.31. The molecule has 132 valence electrons. The predicted octanol–water partition coefficient (Wildman–Crippen LogP) is 4.26. The van der Waals surface area contributed by atoms with E-state index in [0.717, 1.165) is 16.2 Å². The van der Waals surface area contributed by atoms with Gasteiger partial charge in [0.1, 0.15) is 12.4 Å². The summed E-state index contributed by atoms with van der Waals surface area (Å²) in [4.78, 5) is 33.9. The standard InChI is InChI=1S/C17H11BrN2O5S/c18-12-5-6-14(11(7-12)8-15-16(21)19-17(22)26-15)25-9-10-3-1-2-4-13(10)20(23)24/h1-8H,9H2,(H,19,21,22)/b15-8-. The summed E-state index contributed by atoms with van der Waals surface area (Å²) in [7, 11) is 0. The summed E-state index contributed by atoms with van der Waals surface area (Å²) < 4.78 is 6.51. The Labute approximate surface area is 160 Å². The number of nitrogens with one attached hydrogen (secondary N) is 1. The molecule has 2 amide bonds. The van der Waals surface area contributed by atoms with Crippen molar-refractivity contribution in [2.75, 3.05) is 0 Å². The summed E-state index contributed by atoms with van der Waals surface area (Å²) in [6.45, 7) is -0.00672. The van der Waals surface area contributed by atoms with Crippen LogP contribution in [-0.2, 0) is 11.4 Å². The van der Waals surface area contributed by atoms with Gasteiger partial charge in [-0.25, -0.2) is 0 Å². The maximum absolute atomic E-state index is 11.7. The van der Waals surface area contributed by atoms with E-state index in [4.69, 9.17) is 4.74 Å². The van der Waals surface area contributed by atoms with Crippen molar-refractivity contribution in [1.29, 1.82) is 0 Å². The maximum Gasteiger partial charge on any atom is 0.290 e. The van der Waals surface area contributed by atoms with Crippen molar-refractivity contribution in [2.45, 2.75) is 6.61 Å². The molecular formula is C17H11BrN2O5S. The number of carbonyl (C=O) groups is 2. The Balaban J connectivity index is 1.88. The molecule has 0 atom stereocenters. The highest BCUT2D eigenvalue weighted by Gasteiger charge is 2.25. The van der Waals surface area contributed by atoms with Crippen LogP contribution in [0.3, 0.4) is 0 Å². The largest absolute Gasteiger partial charge is 0.488 e. The molecular weight excluding hydrogens is 424 g/mol. The number of nitrogens with zero attached hydrogens (tertiary/aromatic N) is 1. The normalized spacial score (nSPS) is 15.2. The van der Waals surface area contributed by atoms with Gasteiger partial charge in [0.25, 0.3) is 16.8 Å². The van der Waals surface area contributed by atoms with Crippen LogP contribution in [0.1, 0.15) is 11.1 Å². The number of thioether (sulfide) groups is 1. The van der Waals surface area contributed by atoms with E-state index in [1.807, 2.05) is 0 Å². The van der Waals surface area contributed by atoms with Crippen molar-refractivity contribution in [3.63, 3.8) is 0 Å². The van der Waals surface area contributed by atoms with Gasteiger partial charge in [-0.05, 0) is 42.1 Å². The first kappa shape index (κ1) is 18.2. The van der Waals surface area contributed by atoms with Gasteiger partial charge in [0, 0.05) is 16.1 Å². The molecule has 2 aromatic rings. The molecule has 1 fully saturated rings. The number of hydrogen-bond acceptors (Lipinski definition) is 6. The average molecular weight is 435 g/mol. The first-order valence-corrected chi connectivity index (χ1v) is 8.94. The minimum atomic E-state index is -0.468. The molecule has 1 saturated heterocycles. The number of amides is 2. The third kappa shape index (κ3) is 4.12. The van der Waals surface area contributed by atoms with Crippen LogP contribution in [0.4, 0.5) is 10.5 Å². The Morgan fingerprint density at radius 1 is 1.23 bits per heavy atom. The third-order valence-electron chi connectivity index (χ3n) is 3.47. The first-order valence-electron chi connectivity index (χ1n) is 7.33. The lowest BCUT2D eigenvalue weighted by Gasteiger charge is -2.10. The molecule has 3 rings (SSSR count). The van der Waals surface area contributed by atoms with Crippen molar-refractivity contribution in [2.24, 2.45) is 0 Å². The zero-order chi connectivity index (χ0) is 18.7. The molecule has 0 aromatic heterocycles. The molecule has 1 aliphatic heterocycles. The fourth-order valence-electron chi connectivity index (χ4n) is 2.29. The molecule has 7 nitrogen and oxygen atoms in total. The minimum absolute atomic E-state index is 0.00672. The van der Waals surface area contributed by atoms with Crippen LogP contribution < -0.4 is 10.1 Å². The van der Waals surface area contributed by atoms with E-state index in [1.54, 1.807) is 42.5 Å². The van der Waals surface area contributed by atoms with Crippen molar-refractivity contribution in [3.8, 4) is 5.75 Å². The van der Waals surface area contributed by atoms with Gasteiger partial charge in [-0.2, -0.15) is 0 Å². The monoisotopic (exact) mass is 434 g/mol. The number of rotatable bonds is 5. The summed E-state index contributed by atoms with van der Waals surface area (Å²) in [5.41, 5.74) is 0.980. The molecule has 9 heteroatoms. The topological polar surface area (TPSA) is 98.5 Å². The lowest BCUT2D eigenvalue weighted by atomic mass is 10.1. The molecule has 0 aliphatic carbocycles. The van der Waals surface area contributed by atoms with E-state index in [1.165, 1.54) is 6.07 Å². The van der Waals surface area contributed by atoms with Crippen molar-refractivity contribution < 1.29 is 19.2 Å². The molecule has 0 saturated carbocycles. The lowest BCUT2D eigenvalue weighted by molar-refractivity contribution is -0.385. The zero-order valence-electron chi connectivity index (χ0n) is 13.1. The quantitative estimate of drug-likeness (QED) is 0.428. The Morgan fingerprint density at radius 2 is 2.00 bits per heavy atom. The van der Waals surface area contributed by atoms with Crippen LogP contribution >= 0.6 is 27.7 Å². The van der Waals surface area contributed by atoms with Gasteiger partial charge in [0.15, 0.2) is 0 Å². The highest BCUT2D eigenvalue weighted by atomic mass is 79.9. The second-order valence-corrected chi connectivity index (χ2v) is 7.14. The Bertz CT molecular complexity index is 945.